The van der Waals surface area contributed by atoms with E-state index in [0.29, 0.717) is 6.04 Å². The first kappa shape index (κ1) is 18.2. The number of nitrogens with one attached hydrogen (secondary N) is 1. The molecule has 2 aromatic rings. The Bertz CT molecular complexity index is 792. The lowest BCUT2D eigenvalue weighted by molar-refractivity contribution is -0.116. The first-order chi connectivity index (χ1) is 12.5. The van der Waals surface area contributed by atoms with Crippen molar-refractivity contribution in [2.45, 2.75) is 25.4 Å². The summed E-state index contributed by atoms with van der Waals surface area (Å²) in [7, 11) is 4.29. The molecule has 138 valence electrons. The van der Waals surface area contributed by atoms with Crippen LogP contribution in [0.5, 0.6) is 0 Å². The third-order valence-electron chi connectivity index (χ3n) is 5.01. The maximum atomic E-state index is 12.1. The van der Waals surface area contributed by atoms with Crippen molar-refractivity contribution in [3.63, 3.8) is 0 Å². The van der Waals surface area contributed by atoms with Gasteiger partial charge in [0.15, 0.2) is 0 Å². The van der Waals surface area contributed by atoms with Crippen LogP contribution in [0.1, 0.15) is 12.8 Å². The van der Waals surface area contributed by atoms with Crippen molar-refractivity contribution in [1.82, 2.24) is 9.47 Å². The lowest BCUT2D eigenvalue weighted by atomic mass is 10.0. The number of likely N-dealkylation sites (tertiary alicyclic amines) is 1. The van der Waals surface area contributed by atoms with Crippen molar-refractivity contribution in [3.05, 3.63) is 59.0 Å². The summed E-state index contributed by atoms with van der Waals surface area (Å²) in [6, 6.07) is 13.3. The van der Waals surface area contributed by atoms with E-state index in [1.807, 2.05) is 24.3 Å². The van der Waals surface area contributed by atoms with Crippen LogP contribution < -0.4 is 15.8 Å². The highest BCUT2D eigenvalue weighted by Gasteiger charge is 2.20. The molecule has 0 radical (unpaired) electrons. The van der Waals surface area contributed by atoms with Crippen LogP contribution in [-0.4, -0.2) is 48.6 Å². The van der Waals surface area contributed by atoms with Gasteiger partial charge >= 0.3 is 0 Å². The van der Waals surface area contributed by atoms with Gasteiger partial charge in [0.05, 0.1) is 0 Å². The van der Waals surface area contributed by atoms with E-state index in [4.69, 9.17) is 0 Å². The average Bonchev–Trinajstić information content (AvgIpc) is 2.64. The highest BCUT2D eigenvalue weighted by molar-refractivity contribution is 5.90. The van der Waals surface area contributed by atoms with Crippen molar-refractivity contribution < 1.29 is 4.79 Å². The molecule has 26 heavy (non-hydrogen) atoms. The fourth-order valence-electron chi connectivity index (χ4n) is 3.32. The molecule has 1 aromatic carbocycles. The number of aromatic nitrogens is 1. The summed E-state index contributed by atoms with van der Waals surface area (Å²) in [6.07, 6.45) is 3.94. The number of carbonyl (C=O) groups is 1. The second kappa shape index (κ2) is 8.19. The molecule has 1 N–H and O–H groups in total. The molecule has 0 bridgehead atoms. The monoisotopic (exact) mass is 354 g/mol. The van der Waals surface area contributed by atoms with Crippen LogP contribution in [0, 0.1) is 0 Å². The highest BCUT2D eigenvalue weighted by atomic mass is 16.2. The van der Waals surface area contributed by atoms with Crippen LogP contribution in [0.4, 0.5) is 11.4 Å². The quantitative estimate of drug-likeness (QED) is 0.892. The van der Waals surface area contributed by atoms with Crippen LogP contribution >= 0.6 is 0 Å². The van der Waals surface area contributed by atoms with Crippen LogP contribution in [0.3, 0.4) is 0 Å². The molecule has 1 fully saturated rings. The van der Waals surface area contributed by atoms with Gasteiger partial charge in [-0.3, -0.25) is 9.59 Å². The molecule has 3 rings (SSSR count). The van der Waals surface area contributed by atoms with E-state index in [1.54, 1.807) is 18.3 Å². The first-order valence-electron chi connectivity index (χ1n) is 9.00. The van der Waals surface area contributed by atoms with Gasteiger partial charge in [0, 0.05) is 36.7 Å². The van der Waals surface area contributed by atoms with E-state index in [2.05, 4.69) is 29.2 Å². The SMILES string of the molecule is CN1CCC(N(C)c2ccc(NC(=O)Cn3ccccc3=O)cc2)CC1. The summed E-state index contributed by atoms with van der Waals surface area (Å²) >= 11 is 0. The van der Waals surface area contributed by atoms with E-state index in [9.17, 15) is 9.59 Å². The minimum absolute atomic E-state index is 0.0108. The molecule has 1 aliphatic heterocycles. The first-order valence-corrected chi connectivity index (χ1v) is 9.00. The fraction of sp³-hybridized carbons (Fsp3) is 0.400. The van der Waals surface area contributed by atoms with Gasteiger partial charge in [-0.1, -0.05) is 6.07 Å². The number of piperidine rings is 1. The largest absolute Gasteiger partial charge is 0.372 e. The third kappa shape index (κ3) is 4.52. The minimum Gasteiger partial charge on any atom is -0.372 e. The van der Waals surface area contributed by atoms with Crippen molar-refractivity contribution in [1.29, 1.82) is 0 Å². The maximum Gasteiger partial charge on any atom is 0.250 e. The maximum absolute atomic E-state index is 12.1. The molecule has 1 saturated heterocycles. The van der Waals surface area contributed by atoms with E-state index in [-0.39, 0.29) is 18.0 Å². The summed E-state index contributed by atoms with van der Waals surface area (Å²) in [4.78, 5) is 28.5. The van der Waals surface area contributed by atoms with Gasteiger partial charge in [0.25, 0.3) is 5.56 Å². The van der Waals surface area contributed by atoms with Crippen LogP contribution in [0.25, 0.3) is 0 Å². The fourth-order valence-corrected chi connectivity index (χ4v) is 3.32. The number of hydrogen-bond acceptors (Lipinski definition) is 4. The van der Waals surface area contributed by atoms with Gasteiger partial charge in [-0.25, -0.2) is 0 Å². The number of carbonyl (C=O) groups excluding carboxylic acids is 1. The lowest BCUT2D eigenvalue weighted by Crippen LogP contribution is -2.41. The number of rotatable bonds is 5. The predicted octanol–water partition coefficient (Wildman–Crippen LogP) is 2.02. The van der Waals surface area contributed by atoms with Crippen molar-refractivity contribution in [3.8, 4) is 0 Å². The Kier molecular flexibility index (Phi) is 5.73. The second-order valence-electron chi connectivity index (χ2n) is 6.91. The van der Waals surface area contributed by atoms with Gasteiger partial charge < -0.3 is 19.7 Å². The number of benzene rings is 1. The summed E-state index contributed by atoms with van der Waals surface area (Å²) < 4.78 is 1.39. The predicted molar refractivity (Wildman–Crippen MR) is 105 cm³/mol. The summed E-state index contributed by atoms with van der Waals surface area (Å²) in [5, 5.41) is 2.85. The van der Waals surface area contributed by atoms with Gasteiger partial charge in [0.2, 0.25) is 5.91 Å². The van der Waals surface area contributed by atoms with E-state index >= 15 is 0 Å². The van der Waals surface area contributed by atoms with Gasteiger partial charge in [-0.05, 0) is 63.3 Å². The van der Waals surface area contributed by atoms with Crippen LogP contribution in [-0.2, 0) is 11.3 Å². The summed E-state index contributed by atoms with van der Waals surface area (Å²) in [5.41, 5.74) is 1.70. The van der Waals surface area contributed by atoms with Crippen LogP contribution in [0.2, 0.25) is 0 Å². The molecule has 2 heterocycles. The van der Waals surface area contributed by atoms with Crippen molar-refractivity contribution in [2.24, 2.45) is 0 Å². The molecule has 0 saturated carbocycles. The molecule has 0 aliphatic carbocycles. The van der Waals surface area contributed by atoms with Crippen molar-refractivity contribution in [2.75, 3.05) is 37.4 Å². The second-order valence-corrected chi connectivity index (χ2v) is 6.91. The van der Waals surface area contributed by atoms with Crippen LogP contribution in [0.15, 0.2) is 53.5 Å². The molecule has 6 nitrogen and oxygen atoms in total. The number of amides is 1. The van der Waals surface area contributed by atoms with Gasteiger partial charge in [0.1, 0.15) is 6.54 Å². The molecule has 0 atom stereocenters. The number of anilines is 2. The Morgan fingerprint density at radius 3 is 2.50 bits per heavy atom. The van der Waals surface area contributed by atoms with E-state index < -0.39 is 0 Å². The van der Waals surface area contributed by atoms with Gasteiger partial charge in [-0.2, -0.15) is 0 Å². The average molecular weight is 354 g/mol. The molecule has 1 aromatic heterocycles. The molecular formula is C20H26N4O2. The Labute approximate surface area is 154 Å². The van der Waals surface area contributed by atoms with E-state index in [1.165, 1.54) is 10.6 Å². The van der Waals surface area contributed by atoms with Gasteiger partial charge in [-0.15, -0.1) is 0 Å². The molecule has 0 spiro atoms. The molecule has 0 unspecified atom stereocenters. The zero-order valence-corrected chi connectivity index (χ0v) is 15.4. The molecule has 1 aliphatic rings. The standard InChI is InChI=1S/C20H26N4O2/c1-22-13-10-18(11-14-22)23(2)17-8-6-16(7-9-17)21-19(25)15-24-12-4-3-5-20(24)26/h3-9,12,18H,10-11,13-15H2,1-2H3,(H,21,25). The lowest BCUT2D eigenvalue weighted by Gasteiger charge is -2.36. The molecule has 6 heteroatoms. The highest BCUT2D eigenvalue weighted by Crippen LogP contribution is 2.23. The topological polar surface area (TPSA) is 57.6 Å². The summed E-state index contributed by atoms with van der Waals surface area (Å²) in [5.74, 6) is -0.213. The van der Waals surface area contributed by atoms with Crippen molar-refractivity contribution >= 4 is 17.3 Å². The summed E-state index contributed by atoms with van der Waals surface area (Å²) in [6.45, 7) is 2.26. The number of nitrogens with zero attached hydrogens (tertiary/aromatic N) is 3. The Morgan fingerprint density at radius 2 is 1.85 bits per heavy atom. The smallest absolute Gasteiger partial charge is 0.250 e. The molecule has 1 amide bonds. The number of hydrogen-bond donors (Lipinski definition) is 1. The Balaban J connectivity index is 1.58. The number of pyridine rings is 1. The zero-order valence-electron chi connectivity index (χ0n) is 15.4. The normalized spacial score (nSPS) is 15.6. The Morgan fingerprint density at radius 1 is 1.15 bits per heavy atom. The van der Waals surface area contributed by atoms with E-state index in [0.717, 1.165) is 37.3 Å². The zero-order chi connectivity index (χ0) is 18.5. The Hall–Kier alpha value is -2.60. The minimum atomic E-state index is -0.213. The molecular weight excluding hydrogens is 328 g/mol. The third-order valence-corrected chi connectivity index (χ3v) is 5.01.